The molecule has 4 heteroatoms. The fourth-order valence-corrected chi connectivity index (χ4v) is 2.04. The average molecular weight is 285 g/mol. The van der Waals surface area contributed by atoms with E-state index in [2.05, 4.69) is 29.1 Å². The van der Waals surface area contributed by atoms with Crippen LogP contribution in [0, 0.1) is 6.92 Å². The van der Waals surface area contributed by atoms with E-state index in [1.807, 2.05) is 37.3 Å². The van der Waals surface area contributed by atoms with Gasteiger partial charge in [0.2, 0.25) is 5.95 Å². The van der Waals surface area contributed by atoms with Crippen molar-refractivity contribution in [1.29, 1.82) is 0 Å². The van der Waals surface area contributed by atoms with Crippen LogP contribution < -0.4 is 10.1 Å². The Morgan fingerprint density at radius 3 is 2.67 bits per heavy atom. The number of ether oxygens (including phenoxy) is 1. The summed E-state index contributed by atoms with van der Waals surface area (Å²) in [5, 5.41) is 3.24. The Balaban J connectivity index is 2.34. The van der Waals surface area contributed by atoms with Crippen molar-refractivity contribution in [3.8, 4) is 17.0 Å². The normalized spacial score (nSPS) is 10.4. The molecule has 1 aromatic heterocycles. The SMILES string of the molecule is CCCNc1nc(C)cc(-c2ccccc2OCCC)n1. The molecule has 2 rings (SSSR count). The fourth-order valence-electron chi connectivity index (χ4n) is 2.04. The van der Waals surface area contributed by atoms with Crippen molar-refractivity contribution in [2.24, 2.45) is 0 Å². The van der Waals surface area contributed by atoms with Gasteiger partial charge in [0, 0.05) is 17.8 Å². The van der Waals surface area contributed by atoms with Crippen molar-refractivity contribution < 1.29 is 4.74 Å². The zero-order chi connectivity index (χ0) is 15.1. The summed E-state index contributed by atoms with van der Waals surface area (Å²) < 4.78 is 5.82. The molecule has 1 heterocycles. The van der Waals surface area contributed by atoms with Crippen LogP contribution in [0.3, 0.4) is 0 Å². The van der Waals surface area contributed by atoms with Crippen LogP contribution >= 0.6 is 0 Å². The zero-order valence-electron chi connectivity index (χ0n) is 13.0. The summed E-state index contributed by atoms with van der Waals surface area (Å²) in [6.45, 7) is 7.79. The molecule has 4 nitrogen and oxygen atoms in total. The lowest BCUT2D eigenvalue weighted by Gasteiger charge is -2.12. The van der Waals surface area contributed by atoms with E-state index in [9.17, 15) is 0 Å². The van der Waals surface area contributed by atoms with E-state index in [0.29, 0.717) is 12.6 Å². The van der Waals surface area contributed by atoms with Crippen LogP contribution in [0.1, 0.15) is 32.4 Å². The number of hydrogen-bond acceptors (Lipinski definition) is 4. The summed E-state index contributed by atoms with van der Waals surface area (Å²) in [6, 6.07) is 10.0. The van der Waals surface area contributed by atoms with Gasteiger partial charge in [0.1, 0.15) is 5.75 Å². The molecule has 0 unspecified atom stereocenters. The molecular formula is C17H23N3O. The van der Waals surface area contributed by atoms with Gasteiger partial charge >= 0.3 is 0 Å². The van der Waals surface area contributed by atoms with Crippen molar-refractivity contribution >= 4 is 5.95 Å². The largest absolute Gasteiger partial charge is 0.493 e. The van der Waals surface area contributed by atoms with E-state index in [4.69, 9.17) is 4.74 Å². The highest BCUT2D eigenvalue weighted by atomic mass is 16.5. The summed E-state index contributed by atoms with van der Waals surface area (Å²) in [4.78, 5) is 9.03. The molecule has 0 radical (unpaired) electrons. The number of nitrogens with zero attached hydrogens (tertiary/aromatic N) is 2. The number of aromatic nitrogens is 2. The minimum Gasteiger partial charge on any atom is -0.493 e. The van der Waals surface area contributed by atoms with E-state index in [0.717, 1.165) is 42.1 Å². The van der Waals surface area contributed by atoms with Gasteiger partial charge in [0.15, 0.2) is 0 Å². The molecule has 0 bridgehead atoms. The Morgan fingerprint density at radius 1 is 1.10 bits per heavy atom. The highest BCUT2D eigenvalue weighted by Gasteiger charge is 2.09. The second kappa shape index (κ2) is 7.62. The topological polar surface area (TPSA) is 47.0 Å². The summed E-state index contributed by atoms with van der Waals surface area (Å²) in [5.74, 6) is 1.55. The first-order valence-electron chi connectivity index (χ1n) is 7.56. The molecule has 1 N–H and O–H groups in total. The number of para-hydroxylation sites is 1. The van der Waals surface area contributed by atoms with Crippen molar-refractivity contribution in [2.45, 2.75) is 33.6 Å². The number of hydrogen-bond donors (Lipinski definition) is 1. The smallest absolute Gasteiger partial charge is 0.223 e. The maximum atomic E-state index is 5.82. The summed E-state index contributed by atoms with van der Waals surface area (Å²) in [5.41, 5.74) is 2.85. The van der Waals surface area contributed by atoms with Gasteiger partial charge in [-0.15, -0.1) is 0 Å². The lowest BCUT2D eigenvalue weighted by atomic mass is 10.1. The fraction of sp³-hybridized carbons (Fsp3) is 0.412. The molecule has 0 spiro atoms. The number of anilines is 1. The second-order valence-corrected chi connectivity index (χ2v) is 4.99. The quantitative estimate of drug-likeness (QED) is 0.833. The summed E-state index contributed by atoms with van der Waals surface area (Å²) >= 11 is 0. The minimum atomic E-state index is 0.678. The van der Waals surface area contributed by atoms with Gasteiger partial charge in [0.25, 0.3) is 0 Å². The first kappa shape index (κ1) is 15.3. The van der Waals surface area contributed by atoms with Crippen LogP contribution in [0.25, 0.3) is 11.3 Å². The highest BCUT2D eigenvalue weighted by Crippen LogP contribution is 2.29. The number of aryl methyl sites for hydroxylation is 1. The standard InChI is InChI=1S/C17H23N3O/c1-4-10-18-17-19-13(3)12-15(20-17)14-8-6-7-9-16(14)21-11-5-2/h6-9,12H,4-5,10-11H2,1-3H3,(H,18,19,20). The van der Waals surface area contributed by atoms with Gasteiger partial charge in [-0.3, -0.25) is 0 Å². The molecule has 2 aromatic rings. The molecule has 0 saturated heterocycles. The molecule has 112 valence electrons. The van der Waals surface area contributed by atoms with Gasteiger partial charge in [0.05, 0.1) is 12.3 Å². The first-order valence-corrected chi connectivity index (χ1v) is 7.56. The first-order chi connectivity index (χ1) is 10.2. The van der Waals surface area contributed by atoms with Crippen LogP contribution in [0.5, 0.6) is 5.75 Å². The van der Waals surface area contributed by atoms with E-state index < -0.39 is 0 Å². The van der Waals surface area contributed by atoms with Gasteiger partial charge in [-0.25, -0.2) is 9.97 Å². The van der Waals surface area contributed by atoms with E-state index >= 15 is 0 Å². The molecule has 0 fully saturated rings. The third kappa shape index (κ3) is 4.18. The van der Waals surface area contributed by atoms with E-state index in [1.165, 1.54) is 0 Å². The van der Waals surface area contributed by atoms with Gasteiger partial charge in [-0.2, -0.15) is 0 Å². The van der Waals surface area contributed by atoms with Gasteiger partial charge in [-0.05, 0) is 38.0 Å². The number of nitrogens with one attached hydrogen (secondary N) is 1. The predicted octanol–water partition coefficient (Wildman–Crippen LogP) is 4.06. The van der Waals surface area contributed by atoms with Gasteiger partial charge in [-0.1, -0.05) is 26.0 Å². The van der Waals surface area contributed by atoms with Crippen molar-refractivity contribution in [1.82, 2.24) is 9.97 Å². The minimum absolute atomic E-state index is 0.678. The molecule has 0 aliphatic carbocycles. The monoisotopic (exact) mass is 285 g/mol. The van der Waals surface area contributed by atoms with Crippen molar-refractivity contribution in [3.63, 3.8) is 0 Å². The van der Waals surface area contributed by atoms with Crippen molar-refractivity contribution in [2.75, 3.05) is 18.5 Å². The lowest BCUT2D eigenvalue weighted by molar-refractivity contribution is 0.318. The Morgan fingerprint density at radius 2 is 1.90 bits per heavy atom. The van der Waals surface area contributed by atoms with Gasteiger partial charge < -0.3 is 10.1 Å². The van der Waals surface area contributed by atoms with Crippen LogP contribution in [0.15, 0.2) is 30.3 Å². The average Bonchev–Trinajstić information content (AvgIpc) is 2.50. The highest BCUT2D eigenvalue weighted by molar-refractivity contribution is 5.68. The lowest BCUT2D eigenvalue weighted by Crippen LogP contribution is -2.06. The maximum absolute atomic E-state index is 5.82. The molecule has 0 aliphatic rings. The molecule has 0 aliphatic heterocycles. The molecular weight excluding hydrogens is 262 g/mol. The summed E-state index contributed by atoms with van der Waals surface area (Å²) in [6.07, 6.45) is 2.03. The number of benzene rings is 1. The molecule has 0 saturated carbocycles. The molecule has 0 atom stereocenters. The molecule has 1 aromatic carbocycles. The Bertz CT molecular complexity index is 584. The Kier molecular flexibility index (Phi) is 5.55. The molecule has 21 heavy (non-hydrogen) atoms. The van der Waals surface area contributed by atoms with E-state index in [1.54, 1.807) is 0 Å². The second-order valence-electron chi connectivity index (χ2n) is 4.99. The van der Waals surface area contributed by atoms with Crippen molar-refractivity contribution in [3.05, 3.63) is 36.0 Å². The van der Waals surface area contributed by atoms with Crippen LogP contribution in [0.2, 0.25) is 0 Å². The molecule has 0 amide bonds. The Labute approximate surface area is 126 Å². The number of rotatable bonds is 7. The summed E-state index contributed by atoms with van der Waals surface area (Å²) in [7, 11) is 0. The van der Waals surface area contributed by atoms with Crippen LogP contribution in [-0.4, -0.2) is 23.1 Å². The zero-order valence-corrected chi connectivity index (χ0v) is 13.0. The predicted molar refractivity (Wildman–Crippen MR) is 86.8 cm³/mol. The Hall–Kier alpha value is -2.10. The third-order valence-electron chi connectivity index (χ3n) is 3.01. The maximum Gasteiger partial charge on any atom is 0.223 e. The third-order valence-corrected chi connectivity index (χ3v) is 3.01. The van der Waals surface area contributed by atoms with Crippen LogP contribution in [-0.2, 0) is 0 Å². The van der Waals surface area contributed by atoms with E-state index in [-0.39, 0.29) is 0 Å². The van der Waals surface area contributed by atoms with Crippen LogP contribution in [0.4, 0.5) is 5.95 Å².